The van der Waals surface area contributed by atoms with Crippen molar-refractivity contribution in [3.8, 4) is 5.75 Å². The molecule has 1 aliphatic carbocycles. The molecular weight excluding hydrogens is 191 g/mol. The highest BCUT2D eigenvalue weighted by Gasteiger charge is 2.16. The van der Waals surface area contributed by atoms with Gasteiger partial charge in [0.05, 0.1) is 7.11 Å². The first kappa shape index (κ1) is 9.98. The Bertz CT molecular complexity index is 292. The minimum atomic E-state index is 0.922. The standard InChI is InChI=1S/C12H17OP/c1-13-11-8-4-5-9-12(11)14-10-6-2-3-7-10/h4-5,8-10,14H,2-3,6-7H2,1H3. The number of hydrogen-bond acceptors (Lipinski definition) is 1. The Kier molecular flexibility index (Phi) is 3.42. The van der Waals surface area contributed by atoms with E-state index in [1.54, 1.807) is 7.11 Å². The van der Waals surface area contributed by atoms with Gasteiger partial charge in [0, 0.05) is 5.30 Å². The lowest BCUT2D eigenvalue weighted by molar-refractivity contribution is 0.418. The molecule has 1 atom stereocenters. The lowest BCUT2D eigenvalue weighted by Gasteiger charge is -2.12. The number of methoxy groups -OCH3 is 1. The van der Waals surface area contributed by atoms with Gasteiger partial charge in [0.15, 0.2) is 0 Å². The quantitative estimate of drug-likeness (QED) is 0.694. The Labute approximate surface area is 87.6 Å². The molecule has 0 bridgehead atoms. The summed E-state index contributed by atoms with van der Waals surface area (Å²) in [5.41, 5.74) is 0.922. The van der Waals surface area contributed by atoms with Gasteiger partial charge in [-0.15, -0.1) is 0 Å². The van der Waals surface area contributed by atoms with Crippen molar-refractivity contribution in [3.05, 3.63) is 24.3 Å². The summed E-state index contributed by atoms with van der Waals surface area (Å²) in [5, 5.41) is 1.40. The second-order valence-electron chi connectivity index (χ2n) is 3.83. The van der Waals surface area contributed by atoms with Crippen molar-refractivity contribution in [2.75, 3.05) is 7.11 Å². The maximum absolute atomic E-state index is 5.36. The number of rotatable bonds is 3. The molecule has 1 aliphatic rings. The van der Waals surface area contributed by atoms with E-state index in [1.165, 1.54) is 31.0 Å². The van der Waals surface area contributed by atoms with Crippen LogP contribution in [-0.2, 0) is 0 Å². The summed E-state index contributed by atoms with van der Waals surface area (Å²) in [6.45, 7) is 0. The molecule has 2 rings (SSSR count). The first-order chi connectivity index (χ1) is 6.90. The molecule has 0 aliphatic heterocycles. The van der Waals surface area contributed by atoms with Gasteiger partial charge in [-0.25, -0.2) is 0 Å². The van der Waals surface area contributed by atoms with Crippen LogP contribution in [0.2, 0.25) is 0 Å². The Hall–Kier alpha value is -0.550. The van der Waals surface area contributed by atoms with Crippen molar-refractivity contribution in [3.63, 3.8) is 0 Å². The van der Waals surface area contributed by atoms with E-state index in [0.29, 0.717) is 0 Å². The van der Waals surface area contributed by atoms with E-state index >= 15 is 0 Å². The highest BCUT2D eigenvalue weighted by atomic mass is 31.1. The maximum Gasteiger partial charge on any atom is 0.126 e. The summed E-state index contributed by atoms with van der Waals surface area (Å²) in [4.78, 5) is 0. The molecule has 0 N–H and O–H groups in total. The molecule has 0 spiro atoms. The van der Waals surface area contributed by atoms with Crippen LogP contribution < -0.4 is 10.0 Å². The highest BCUT2D eigenvalue weighted by molar-refractivity contribution is 7.48. The van der Waals surface area contributed by atoms with Crippen LogP contribution in [0.25, 0.3) is 0 Å². The van der Waals surface area contributed by atoms with Gasteiger partial charge in [-0.2, -0.15) is 0 Å². The van der Waals surface area contributed by atoms with Crippen molar-refractivity contribution in [1.29, 1.82) is 0 Å². The summed E-state index contributed by atoms with van der Waals surface area (Å²) in [7, 11) is 2.70. The van der Waals surface area contributed by atoms with E-state index in [1.807, 2.05) is 6.07 Å². The average molecular weight is 208 g/mol. The molecule has 1 unspecified atom stereocenters. The van der Waals surface area contributed by atoms with Crippen molar-refractivity contribution in [2.45, 2.75) is 31.3 Å². The fourth-order valence-corrected chi connectivity index (χ4v) is 3.71. The first-order valence-corrected chi connectivity index (χ1v) is 6.37. The lowest BCUT2D eigenvalue weighted by Crippen LogP contribution is -2.05. The molecule has 0 radical (unpaired) electrons. The van der Waals surface area contributed by atoms with Gasteiger partial charge in [-0.05, 0) is 24.6 Å². The number of benzene rings is 1. The SMILES string of the molecule is COc1ccccc1PC1CCCC1. The Morgan fingerprint density at radius 1 is 1.21 bits per heavy atom. The number of ether oxygens (including phenoxy) is 1. The second-order valence-corrected chi connectivity index (χ2v) is 5.47. The Morgan fingerprint density at radius 3 is 2.64 bits per heavy atom. The van der Waals surface area contributed by atoms with E-state index in [4.69, 9.17) is 4.74 Å². The molecule has 14 heavy (non-hydrogen) atoms. The van der Waals surface area contributed by atoms with Crippen molar-refractivity contribution in [2.24, 2.45) is 0 Å². The molecule has 1 saturated carbocycles. The van der Waals surface area contributed by atoms with Crippen LogP contribution in [0.1, 0.15) is 25.7 Å². The Balaban J connectivity index is 2.07. The van der Waals surface area contributed by atoms with E-state index in [-0.39, 0.29) is 0 Å². The second kappa shape index (κ2) is 4.79. The zero-order chi connectivity index (χ0) is 9.80. The zero-order valence-electron chi connectivity index (χ0n) is 8.62. The molecule has 1 nitrogen and oxygen atoms in total. The van der Waals surface area contributed by atoms with E-state index < -0.39 is 0 Å². The topological polar surface area (TPSA) is 9.23 Å². The highest BCUT2D eigenvalue weighted by Crippen LogP contribution is 2.35. The van der Waals surface area contributed by atoms with Gasteiger partial charge in [0.25, 0.3) is 0 Å². The number of hydrogen-bond donors (Lipinski definition) is 0. The minimum absolute atomic E-state index is 0.922. The zero-order valence-corrected chi connectivity index (χ0v) is 9.62. The molecule has 1 aromatic rings. The minimum Gasteiger partial charge on any atom is -0.496 e. The Morgan fingerprint density at radius 2 is 1.93 bits per heavy atom. The number of para-hydroxylation sites is 1. The van der Waals surface area contributed by atoms with E-state index in [2.05, 4.69) is 18.2 Å². The molecule has 76 valence electrons. The first-order valence-electron chi connectivity index (χ1n) is 5.29. The molecule has 0 amide bonds. The average Bonchev–Trinajstić information content (AvgIpc) is 2.71. The predicted octanol–water partition coefficient (Wildman–Crippen LogP) is 2.94. The predicted molar refractivity (Wildman–Crippen MR) is 63.2 cm³/mol. The molecule has 1 fully saturated rings. The fraction of sp³-hybridized carbons (Fsp3) is 0.500. The molecule has 2 heteroatoms. The van der Waals surface area contributed by atoms with Gasteiger partial charge in [-0.1, -0.05) is 39.6 Å². The molecule has 0 saturated heterocycles. The summed E-state index contributed by atoms with van der Waals surface area (Å²) in [5.74, 6) is 1.07. The van der Waals surface area contributed by atoms with Gasteiger partial charge in [0.1, 0.15) is 5.75 Å². The maximum atomic E-state index is 5.36. The van der Waals surface area contributed by atoms with Crippen LogP contribution in [0.15, 0.2) is 24.3 Å². The lowest BCUT2D eigenvalue weighted by atomic mass is 10.3. The van der Waals surface area contributed by atoms with Gasteiger partial charge >= 0.3 is 0 Å². The largest absolute Gasteiger partial charge is 0.496 e. The van der Waals surface area contributed by atoms with Gasteiger partial charge < -0.3 is 4.74 Å². The van der Waals surface area contributed by atoms with E-state index in [0.717, 1.165) is 20.0 Å². The molecule has 1 aromatic carbocycles. The fourth-order valence-electron chi connectivity index (χ4n) is 2.05. The summed E-state index contributed by atoms with van der Waals surface area (Å²) in [6, 6.07) is 8.42. The summed E-state index contributed by atoms with van der Waals surface area (Å²) >= 11 is 0. The molecular formula is C12H17OP. The smallest absolute Gasteiger partial charge is 0.126 e. The molecule has 0 heterocycles. The van der Waals surface area contributed by atoms with Crippen LogP contribution in [0.5, 0.6) is 5.75 Å². The normalized spacial score (nSPS) is 18.1. The third kappa shape index (κ3) is 2.27. The summed E-state index contributed by atoms with van der Waals surface area (Å²) < 4.78 is 5.36. The third-order valence-corrected chi connectivity index (χ3v) is 4.53. The van der Waals surface area contributed by atoms with Crippen LogP contribution in [0.4, 0.5) is 0 Å². The van der Waals surface area contributed by atoms with Gasteiger partial charge in [0.2, 0.25) is 0 Å². The van der Waals surface area contributed by atoms with Crippen LogP contribution in [0.3, 0.4) is 0 Å². The summed E-state index contributed by atoms with van der Waals surface area (Å²) in [6.07, 6.45) is 5.67. The van der Waals surface area contributed by atoms with Crippen molar-refractivity contribution < 1.29 is 4.74 Å². The van der Waals surface area contributed by atoms with Crippen LogP contribution >= 0.6 is 8.58 Å². The monoisotopic (exact) mass is 208 g/mol. The third-order valence-electron chi connectivity index (χ3n) is 2.82. The van der Waals surface area contributed by atoms with E-state index in [9.17, 15) is 0 Å². The van der Waals surface area contributed by atoms with Crippen molar-refractivity contribution in [1.82, 2.24) is 0 Å². The van der Waals surface area contributed by atoms with Crippen molar-refractivity contribution >= 4 is 13.9 Å². The van der Waals surface area contributed by atoms with Gasteiger partial charge in [-0.3, -0.25) is 0 Å². The van der Waals surface area contributed by atoms with Crippen LogP contribution in [-0.4, -0.2) is 12.8 Å². The molecule has 0 aromatic heterocycles. The van der Waals surface area contributed by atoms with Crippen LogP contribution in [0, 0.1) is 0 Å².